The Morgan fingerprint density at radius 1 is 1.00 bits per heavy atom. The van der Waals surface area contributed by atoms with E-state index in [4.69, 9.17) is 9.47 Å². The Balaban J connectivity index is 1.49. The number of benzene rings is 3. The minimum atomic E-state index is -0.445. The number of amides is 2. The molecule has 0 aromatic heterocycles. The van der Waals surface area contributed by atoms with Gasteiger partial charge in [-0.2, -0.15) is 5.10 Å². The van der Waals surface area contributed by atoms with Crippen molar-refractivity contribution in [3.05, 3.63) is 94.0 Å². The normalized spacial score (nSPS) is 10.6. The minimum Gasteiger partial charge on any atom is -0.493 e. The van der Waals surface area contributed by atoms with Gasteiger partial charge in [-0.1, -0.05) is 52.3 Å². The van der Waals surface area contributed by atoms with Crippen LogP contribution in [-0.4, -0.2) is 31.7 Å². The number of hydrogen-bond acceptors (Lipinski definition) is 5. The van der Waals surface area contributed by atoms with Gasteiger partial charge in [0.1, 0.15) is 6.61 Å². The molecule has 164 valence electrons. The van der Waals surface area contributed by atoms with Crippen molar-refractivity contribution < 1.29 is 19.1 Å². The Morgan fingerprint density at radius 3 is 2.56 bits per heavy atom. The lowest BCUT2D eigenvalue weighted by molar-refractivity contribution is -0.120. The van der Waals surface area contributed by atoms with Crippen LogP contribution in [0.5, 0.6) is 11.5 Å². The van der Waals surface area contributed by atoms with E-state index in [0.29, 0.717) is 29.2 Å². The average molecular weight is 496 g/mol. The van der Waals surface area contributed by atoms with Crippen molar-refractivity contribution in [1.29, 1.82) is 0 Å². The third-order valence-corrected chi connectivity index (χ3v) is 4.82. The largest absolute Gasteiger partial charge is 0.493 e. The van der Waals surface area contributed by atoms with Crippen LogP contribution < -0.4 is 20.2 Å². The van der Waals surface area contributed by atoms with Crippen LogP contribution in [0, 0.1) is 0 Å². The fourth-order valence-electron chi connectivity index (χ4n) is 2.73. The van der Waals surface area contributed by atoms with Crippen molar-refractivity contribution >= 4 is 34.0 Å². The highest BCUT2D eigenvalue weighted by Gasteiger charge is 2.08. The lowest BCUT2D eigenvalue weighted by Gasteiger charge is -2.11. The molecule has 0 heterocycles. The van der Waals surface area contributed by atoms with Crippen LogP contribution in [-0.2, 0) is 11.4 Å². The molecule has 0 aliphatic heterocycles. The summed E-state index contributed by atoms with van der Waals surface area (Å²) in [6.07, 6.45) is 1.48. The summed E-state index contributed by atoms with van der Waals surface area (Å²) in [7, 11) is 1.56. The van der Waals surface area contributed by atoms with Gasteiger partial charge in [-0.25, -0.2) is 5.43 Å². The van der Waals surface area contributed by atoms with E-state index in [0.717, 1.165) is 10.0 Å². The molecule has 0 fully saturated rings. The van der Waals surface area contributed by atoms with Crippen LogP contribution in [0.2, 0.25) is 0 Å². The van der Waals surface area contributed by atoms with Gasteiger partial charge in [-0.3, -0.25) is 9.59 Å². The van der Waals surface area contributed by atoms with Gasteiger partial charge in [0.05, 0.1) is 19.9 Å². The zero-order valence-corrected chi connectivity index (χ0v) is 19.0. The zero-order valence-electron chi connectivity index (χ0n) is 17.4. The Bertz CT molecular complexity index is 1100. The van der Waals surface area contributed by atoms with Gasteiger partial charge in [0, 0.05) is 10.0 Å². The van der Waals surface area contributed by atoms with E-state index in [1.54, 1.807) is 43.5 Å². The predicted octanol–water partition coefficient (Wildman–Crippen LogP) is 3.92. The number of halogens is 1. The summed E-state index contributed by atoms with van der Waals surface area (Å²) in [4.78, 5) is 24.0. The fourth-order valence-corrected chi connectivity index (χ4v) is 3.13. The molecule has 3 rings (SSSR count). The van der Waals surface area contributed by atoms with Gasteiger partial charge in [0.25, 0.3) is 11.8 Å². The molecule has 2 amide bonds. The molecule has 0 aliphatic rings. The van der Waals surface area contributed by atoms with Crippen molar-refractivity contribution in [1.82, 2.24) is 10.7 Å². The lowest BCUT2D eigenvalue weighted by atomic mass is 10.2. The fraction of sp³-hybridized carbons (Fsp3) is 0.125. The van der Waals surface area contributed by atoms with Crippen LogP contribution in [0.3, 0.4) is 0 Å². The number of methoxy groups -OCH3 is 1. The summed E-state index contributed by atoms with van der Waals surface area (Å²) < 4.78 is 12.0. The van der Waals surface area contributed by atoms with Crippen LogP contribution in [0.1, 0.15) is 21.5 Å². The Labute approximate surface area is 194 Å². The number of nitrogens with zero attached hydrogens (tertiary/aromatic N) is 1. The van der Waals surface area contributed by atoms with E-state index in [-0.39, 0.29) is 12.5 Å². The second-order valence-corrected chi connectivity index (χ2v) is 7.59. The van der Waals surface area contributed by atoms with Crippen LogP contribution >= 0.6 is 15.9 Å². The molecule has 0 aliphatic carbocycles. The summed E-state index contributed by atoms with van der Waals surface area (Å²) >= 11 is 3.31. The molecule has 0 saturated heterocycles. The van der Waals surface area contributed by atoms with Crippen molar-refractivity contribution in [3.63, 3.8) is 0 Å². The predicted molar refractivity (Wildman–Crippen MR) is 126 cm³/mol. The second kappa shape index (κ2) is 11.7. The first-order chi connectivity index (χ1) is 15.5. The third kappa shape index (κ3) is 6.95. The molecule has 0 atom stereocenters. The first-order valence-electron chi connectivity index (χ1n) is 9.75. The Hall–Kier alpha value is -3.65. The van der Waals surface area contributed by atoms with E-state index in [9.17, 15) is 9.59 Å². The molecule has 0 radical (unpaired) electrons. The summed E-state index contributed by atoms with van der Waals surface area (Å²) in [5.74, 6) is 0.367. The lowest BCUT2D eigenvalue weighted by Crippen LogP contribution is -2.34. The van der Waals surface area contributed by atoms with Gasteiger partial charge in [-0.05, 0) is 47.5 Å². The first kappa shape index (κ1) is 23.0. The summed E-state index contributed by atoms with van der Waals surface area (Å²) in [6, 6.07) is 22.1. The average Bonchev–Trinajstić information content (AvgIpc) is 2.82. The topological polar surface area (TPSA) is 89.0 Å². The number of hydrazone groups is 1. The third-order valence-electron chi connectivity index (χ3n) is 4.32. The SMILES string of the molecule is COc1cc(/C=N/NC(=O)CNC(=O)c2cccc(Br)c2)ccc1OCc1ccccc1. The van der Waals surface area contributed by atoms with Crippen LogP contribution in [0.15, 0.2) is 82.4 Å². The number of hydrogen-bond donors (Lipinski definition) is 2. The highest BCUT2D eigenvalue weighted by atomic mass is 79.9. The molecular formula is C24H22BrN3O4. The molecule has 0 bridgehead atoms. The van der Waals surface area contributed by atoms with E-state index in [1.165, 1.54) is 6.21 Å². The van der Waals surface area contributed by atoms with E-state index >= 15 is 0 Å². The number of carbonyl (C=O) groups excluding carboxylic acids is 2. The maximum atomic E-state index is 12.1. The number of carbonyl (C=O) groups is 2. The first-order valence-corrected chi connectivity index (χ1v) is 10.5. The molecule has 8 heteroatoms. The minimum absolute atomic E-state index is 0.196. The molecule has 0 saturated carbocycles. The van der Waals surface area contributed by atoms with Gasteiger partial charge in [0.15, 0.2) is 11.5 Å². The molecule has 7 nitrogen and oxygen atoms in total. The summed E-state index contributed by atoms with van der Waals surface area (Å²) in [5.41, 5.74) is 4.60. The van der Waals surface area contributed by atoms with Crippen molar-refractivity contribution in [3.8, 4) is 11.5 Å². The standard InChI is InChI=1S/C24H22BrN3O4/c1-31-22-12-18(10-11-21(22)32-16-17-6-3-2-4-7-17)14-27-28-23(29)15-26-24(30)19-8-5-9-20(25)13-19/h2-14H,15-16H2,1H3,(H,26,30)(H,28,29)/b27-14+. The molecule has 3 aromatic rings. The molecule has 0 unspecified atom stereocenters. The zero-order chi connectivity index (χ0) is 22.8. The van der Waals surface area contributed by atoms with Crippen molar-refractivity contribution in [2.45, 2.75) is 6.61 Å². The molecule has 2 N–H and O–H groups in total. The number of nitrogens with one attached hydrogen (secondary N) is 2. The van der Waals surface area contributed by atoms with Crippen LogP contribution in [0.25, 0.3) is 0 Å². The molecule has 32 heavy (non-hydrogen) atoms. The highest BCUT2D eigenvalue weighted by Crippen LogP contribution is 2.28. The second-order valence-electron chi connectivity index (χ2n) is 6.67. The molecule has 3 aromatic carbocycles. The van der Waals surface area contributed by atoms with Crippen LogP contribution in [0.4, 0.5) is 0 Å². The quantitative estimate of drug-likeness (QED) is 0.347. The number of rotatable bonds is 9. The smallest absolute Gasteiger partial charge is 0.259 e. The summed E-state index contributed by atoms with van der Waals surface area (Å²) in [6.45, 7) is 0.227. The van der Waals surface area contributed by atoms with Gasteiger partial charge >= 0.3 is 0 Å². The maximum Gasteiger partial charge on any atom is 0.259 e. The highest BCUT2D eigenvalue weighted by molar-refractivity contribution is 9.10. The molecular weight excluding hydrogens is 474 g/mol. The Morgan fingerprint density at radius 2 is 1.81 bits per heavy atom. The van der Waals surface area contributed by atoms with E-state index in [1.807, 2.05) is 36.4 Å². The van der Waals surface area contributed by atoms with Crippen molar-refractivity contribution in [2.24, 2.45) is 5.10 Å². The maximum absolute atomic E-state index is 12.1. The van der Waals surface area contributed by atoms with Gasteiger partial charge in [0.2, 0.25) is 0 Å². The van der Waals surface area contributed by atoms with E-state index < -0.39 is 5.91 Å². The van der Waals surface area contributed by atoms with E-state index in [2.05, 4.69) is 31.8 Å². The number of ether oxygens (including phenoxy) is 2. The van der Waals surface area contributed by atoms with Crippen molar-refractivity contribution in [2.75, 3.05) is 13.7 Å². The van der Waals surface area contributed by atoms with Gasteiger partial charge in [-0.15, -0.1) is 0 Å². The Kier molecular flexibility index (Phi) is 8.39. The van der Waals surface area contributed by atoms with Gasteiger partial charge < -0.3 is 14.8 Å². The summed E-state index contributed by atoms with van der Waals surface area (Å²) in [5, 5.41) is 6.47. The monoisotopic (exact) mass is 495 g/mol. The molecule has 0 spiro atoms.